The molecule has 0 bridgehead atoms. The van der Waals surface area contributed by atoms with Crippen molar-refractivity contribution in [3.63, 3.8) is 0 Å². The Morgan fingerprint density at radius 1 is 0.610 bits per heavy atom. The fourth-order valence-corrected chi connectivity index (χ4v) is 5.67. The first-order valence-corrected chi connectivity index (χ1v) is 16.5. The second-order valence-corrected chi connectivity index (χ2v) is 11.8. The molecule has 2 aromatic rings. The van der Waals surface area contributed by atoms with Gasteiger partial charge in [-0.3, -0.25) is 4.79 Å². The molecule has 1 aliphatic carbocycles. The van der Waals surface area contributed by atoms with Crippen molar-refractivity contribution < 1.29 is 19.4 Å². The molecule has 4 heteroatoms. The maximum atomic E-state index is 12.5. The van der Waals surface area contributed by atoms with E-state index in [2.05, 4.69) is 13.8 Å². The first-order valence-electron chi connectivity index (χ1n) is 16.5. The smallest absolute Gasteiger partial charge is 0.159 e. The molecular formula is C37H54O4. The van der Waals surface area contributed by atoms with E-state index in [-0.39, 0.29) is 12.2 Å². The second kappa shape index (κ2) is 18.8. The quantitative estimate of drug-likeness (QED) is 0.145. The lowest BCUT2D eigenvalue weighted by molar-refractivity contribution is -0.116. The molecule has 0 fully saturated rings. The maximum Gasteiger partial charge on any atom is 0.159 e. The minimum atomic E-state index is -1.34. The van der Waals surface area contributed by atoms with Gasteiger partial charge in [0.05, 0.1) is 13.2 Å². The van der Waals surface area contributed by atoms with Gasteiger partial charge < -0.3 is 14.6 Å². The third-order valence-corrected chi connectivity index (χ3v) is 8.21. The molecule has 0 radical (unpaired) electrons. The average molecular weight is 563 g/mol. The summed E-state index contributed by atoms with van der Waals surface area (Å²) in [5, 5.41) is 11.7. The van der Waals surface area contributed by atoms with E-state index in [4.69, 9.17) is 9.47 Å². The van der Waals surface area contributed by atoms with Crippen molar-refractivity contribution in [2.45, 2.75) is 129 Å². The van der Waals surface area contributed by atoms with Crippen LogP contribution in [0.25, 0.3) is 5.57 Å². The van der Waals surface area contributed by atoms with Gasteiger partial charge >= 0.3 is 0 Å². The largest absolute Gasteiger partial charge is 0.494 e. The number of allylic oxidation sites excluding steroid dienone is 1. The number of benzene rings is 2. The van der Waals surface area contributed by atoms with Crippen LogP contribution in [0.5, 0.6) is 11.5 Å². The van der Waals surface area contributed by atoms with Crippen LogP contribution in [0.3, 0.4) is 0 Å². The van der Waals surface area contributed by atoms with E-state index < -0.39 is 5.60 Å². The lowest BCUT2D eigenvalue weighted by atomic mass is 9.84. The summed E-state index contributed by atoms with van der Waals surface area (Å²) in [5.41, 5.74) is 0.856. The number of hydrogen-bond donors (Lipinski definition) is 1. The first kappa shape index (κ1) is 32.9. The number of hydrogen-bond acceptors (Lipinski definition) is 4. The molecule has 0 aromatic heterocycles. The Labute approximate surface area is 249 Å². The van der Waals surface area contributed by atoms with Crippen molar-refractivity contribution in [2.24, 2.45) is 0 Å². The van der Waals surface area contributed by atoms with Gasteiger partial charge in [0.1, 0.15) is 17.1 Å². The molecule has 0 saturated carbocycles. The Bertz CT molecular complexity index is 1020. The summed E-state index contributed by atoms with van der Waals surface area (Å²) in [6.45, 7) is 5.92. The molecule has 1 aliphatic rings. The minimum absolute atomic E-state index is 0.0531. The molecule has 3 rings (SSSR count). The van der Waals surface area contributed by atoms with Crippen LogP contribution in [0.15, 0.2) is 54.6 Å². The van der Waals surface area contributed by atoms with Crippen LogP contribution < -0.4 is 9.47 Å². The summed E-state index contributed by atoms with van der Waals surface area (Å²) >= 11 is 0. The Morgan fingerprint density at radius 2 is 1.02 bits per heavy atom. The monoisotopic (exact) mass is 562 g/mol. The second-order valence-electron chi connectivity index (χ2n) is 11.8. The van der Waals surface area contributed by atoms with Gasteiger partial charge in [-0.2, -0.15) is 0 Å². The van der Waals surface area contributed by atoms with Crippen LogP contribution >= 0.6 is 0 Å². The molecule has 0 heterocycles. The number of rotatable bonds is 22. The highest BCUT2D eigenvalue weighted by atomic mass is 16.5. The molecule has 226 valence electrons. The van der Waals surface area contributed by atoms with Crippen LogP contribution in [0.2, 0.25) is 0 Å². The van der Waals surface area contributed by atoms with Crippen LogP contribution in [0.1, 0.15) is 134 Å². The highest BCUT2D eigenvalue weighted by Crippen LogP contribution is 2.44. The molecule has 0 spiro atoms. The van der Waals surface area contributed by atoms with Crippen molar-refractivity contribution in [2.75, 3.05) is 13.2 Å². The summed E-state index contributed by atoms with van der Waals surface area (Å²) in [4.78, 5) is 12.5. The third-order valence-electron chi connectivity index (χ3n) is 8.21. The Hall–Kier alpha value is -2.59. The fraction of sp³-hybridized carbons (Fsp3) is 0.595. The number of unbranched alkanes of at least 4 members (excludes halogenated alkanes) is 14. The number of carbonyl (C=O) groups is 1. The number of aliphatic hydroxyl groups is 1. The molecule has 41 heavy (non-hydrogen) atoms. The van der Waals surface area contributed by atoms with E-state index in [9.17, 15) is 9.90 Å². The summed E-state index contributed by atoms with van der Waals surface area (Å²) < 4.78 is 11.9. The zero-order valence-corrected chi connectivity index (χ0v) is 25.8. The molecule has 1 atom stereocenters. The van der Waals surface area contributed by atoms with Gasteiger partial charge in [-0.15, -0.1) is 0 Å². The van der Waals surface area contributed by atoms with Gasteiger partial charge in [-0.05, 0) is 59.9 Å². The highest BCUT2D eigenvalue weighted by Gasteiger charge is 2.41. The van der Waals surface area contributed by atoms with Crippen LogP contribution in [0, 0.1) is 0 Å². The number of ketones is 1. The van der Waals surface area contributed by atoms with Crippen molar-refractivity contribution in [3.05, 3.63) is 65.7 Å². The Kier molecular flexibility index (Phi) is 15.1. The lowest BCUT2D eigenvalue weighted by Crippen LogP contribution is -2.25. The zero-order valence-electron chi connectivity index (χ0n) is 25.8. The van der Waals surface area contributed by atoms with Crippen molar-refractivity contribution in [3.8, 4) is 11.5 Å². The van der Waals surface area contributed by atoms with Gasteiger partial charge in [0.2, 0.25) is 0 Å². The summed E-state index contributed by atoms with van der Waals surface area (Å²) in [7, 11) is 0. The third kappa shape index (κ3) is 11.3. The molecular weight excluding hydrogens is 508 g/mol. The average Bonchev–Trinajstić information content (AvgIpc) is 3.30. The van der Waals surface area contributed by atoms with E-state index in [1.807, 2.05) is 48.5 Å². The Morgan fingerprint density at radius 3 is 1.49 bits per heavy atom. The van der Waals surface area contributed by atoms with Gasteiger partial charge in [0.15, 0.2) is 5.78 Å². The van der Waals surface area contributed by atoms with Gasteiger partial charge in [0, 0.05) is 6.42 Å². The van der Waals surface area contributed by atoms with Crippen LogP contribution in [-0.2, 0) is 10.4 Å². The summed E-state index contributed by atoms with van der Waals surface area (Å²) in [5.74, 6) is 1.56. The van der Waals surface area contributed by atoms with Crippen molar-refractivity contribution >= 4 is 11.4 Å². The SMILES string of the molecule is CCCCCCCCCCOc1ccc(C2=CC(=O)CC2(O)c2ccc(OCCCCCCCCCC)cc2)cc1. The standard InChI is InChI=1S/C37H54O4/c1-3-5-7-9-11-13-15-17-27-40-34-23-19-31(20-24-34)36-29-33(38)30-37(36,39)32-21-25-35(26-22-32)41-28-18-16-14-12-10-8-6-4-2/h19-26,29,39H,3-18,27-28,30H2,1-2H3. The van der Waals surface area contributed by atoms with Crippen molar-refractivity contribution in [1.82, 2.24) is 0 Å². The molecule has 2 aromatic carbocycles. The zero-order chi connectivity index (χ0) is 29.2. The maximum absolute atomic E-state index is 12.5. The van der Waals surface area contributed by atoms with E-state index in [0.717, 1.165) is 29.9 Å². The molecule has 1 unspecified atom stereocenters. The molecule has 0 amide bonds. The summed E-state index contributed by atoms with van der Waals surface area (Å²) in [6.07, 6.45) is 22.0. The molecule has 1 N–H and O–H groups in total. The number of carbonyl (C=O) groups excluding carboxylic acids is 1. The normalized spacial score (nSPS) is 16.7. The van der Waals surface area contributed by atoms with E-state index in [0.29, 0.717) is 24.4 Å². The van der Waals surface area contributed by atoms with E-state index in [1.165, 1.54) is 89.9 Å². The predicted octanol–water partition coefficient (Wildman–Crippen LogP) is 9.97. The fourth-order valence-electron chi connectivity index (χ4n) is 5.67. The minimum Gasteiger partial charge on any atom is -0.494 e. The Balaban J connectivity index is 1.44. The molecule has 0 aliphatic heterocycles. The number of ether oxygens (including phenoxy) is 2. The van der Waals surface area contributed by atoms with Gasteiger partial charge in [-0.1, -0.05) is 128 Å². The van der Waals surface area contributed by atoms with Gasteiger partial charge in [-0.25, -0.2) is 0 Å². The summed E-state index contributed by atoms with van der Waals surface area (Å²) in [6, 6.07) is 15.3. The topological polar surface area (TPSA) is 55.8 Å². The van der Waals surface area contributed by atoms with E-state index in [1.54, 1.807) is 6.08 Å². The lowest BCUT2D eigenvalue weighted by Gasteiger charge is -2.27. The highest BCUT2D eigenvalue weighted by molar-refractivity contribution is 6.05. The van der Waals surface area contributed by atoms with Crippen molar-refractivity contribution in [1.29, 1.82) is 0 Å². The molecule has 4 nitrogen and oxygen atoms in total. The van der Waals surface area contributed by atoms with Crippen LogP contribution in [0.4, 0.5) is 0 Å². The predicted molar refractivity (Wildman–Crippen MR) is 171 cm³/mol. The van der Waals surface area contributed by atoms with Gasteiger partial charge in [0.25, 0.3) is 0 Å². The first-order chi connectivity index (χ1) is 20.1. The molecule has 0 saturated heterocycles. The van der Waals surface area contributed by atoms with E-state index >= 15 is 0 Å². The van der Waals surface area contributed by atoms with Crippen LogP contribution in [-0.4, -0.2) is 24.1 Å².